The maximum absolute atomic E-state index is 6.11. The molecule has 3 N–H and O–H groups in total. The van der Waals surface area contributed by atoms with E-state index in [4.69, 9.17) is 26.8 Å². The number of methoxy groups -OCH3 is 2. The molecule has 7 heteroatoms. The fourth-order valence-corrected chi connectivity index (χ4v) is 3.37. The van der Waals surface area contributed by atoms with Crippen LogP contribution in [0.25, 0.3) is 0 Å². The minimum Gasteiger partial charge on any atom is -0.495 e. The van der Waals surface area contributed by atoms with Crippen LogP contribution in [0.1, 0.15) is 32.1 Å². The zero-order valence-corrected chi connectivity index (χ0v) is 17.4. The molecule has 1 aromatic carbocycles. The number of guanidine groups is 1. The second kappa shape index (κ2) is 10.3. The van der Waals surface area contributed by atoms with Crippen molar-refractivity contribution in [3.63, 3.8) is 0 Å². The van der Waals surface area contributed by atoms with Gasteiger partial charge in [-0.3, -0.25) is 4.99 Å². The molecule has 2 rings (SSSR count). The highest BCUT2D eigenvalue weighted by atomic mass is 127. The molecule has 136 valence electrons. The van der Waals surface area contributed by atoms with Gasteiger partial charge in [-0.2, -0.15) is 0 Å². The molecule has 0 aliphatic heterocycles. The number of hydrogen-bond donors (Lipinski definition) is 2. The number of nitrogens with zero attached hydrogens (tertiary/aromatic N) is 1. The summed E-state index contributed by atoms with van der Waals surface area (Å²) in [5.41, 5.74) is 7.06. The lowest BCUT2D eigenvalue weighted by Gasteiger charge is -2.26. The van der Waals surface area contributed by atoms with Crippen molar-refractivity contribution in [3.8, 4) is 5.75 Å². The van der Waals surface area contributed by atoms with E-state index in [0.717, 1.165) is 25.3 Å². The third kappa shape index (κ3) is 5.97. The van der Waals surface area contributed by atoms with Gasteiger partial charge in [-0.05, 0) is 42.9 Å². The van der Waals surface area contributed by atoms with Gasteiger partial charge in [0.15, 0.2) is 5.96 Å². The molecule has 0 atom stereocenters. The summed E-state index contributed by atoms with van der Waals surface area (Å²) in [5.74, 6) is 1.05. The Bertz CT molecular complexity index is 549. The van der Waals surface area contributed by atoms with E-state index in [-0.39, 0.29) is 29.4 Å². The normalized spacial score (nSPS) is 16.5. The van der Waals surface area contributed by atoms with Crippen molar-refractivity contribution >= 4 is 47.2 Å². The van der Waals surface area contributed by atoms with E-state index >= 15 is 0 Å². The molecule has 24 heavy (non-hydrogen) atoms. The molecule has 5 nitrogen and oxygen atoms in total. The van der Waals surface area contributed by atoms with Gasteiger partial charge >= 0.3 is 0 Å². The SMILES string of the molecule is COCCC1(CN=C(N)Nc2ccc(OC)c(Cl)c2)CCCC1.I. The van der Waals surface area contributed by atoms with Crippen LogP contribution in [0, 0.1) is 5.41 Å². The van der Waals surface area contributed by atoms with Crippen LogP contribution < -0.4 is 15.8 Å². The highest BCUT2D eigenvalue weighted by Gasteiger charge is 2.33. The average molecular weight is 468 g/mol. The Morgan fingerprint density at radius 3 is 2.62 bits per heavy atom. The Morgan fingerprint density at radius 2 is 2.04 bits per heavy atom. The van der Waals surface area contributed by atoms with E-state index in [1.807, 2.05) is 6.07 Å². The molecule has 0 radical (unpaired) electrons. The number of nitrogens with two attached hydrogens (primary N) is 1. The van der Waals surface area contributed by atoms with E-state index in [0.29, 0.717) is 16.7 Å². The van der Waals surface area contributed by atoms with Gasteiger partial charge in [0, 0.05) is 25.9 Å². The number of nitrogens with one attached hydrogen (secondary N) is 1. The van der Waals surface area contributed by atoms with Crippen LogP contribution in [-0.2, 0) is 4.74 Å². The van der Waals surface area contributed by atoms with Gasteiger partial charge in [-0.1, -0.05) is 24.4 Å². The Hall–Kier alpha value is -0.730. The summed E-state index contributed by atoms with van der Waals surface area (Å²) in [6, 6.07) is 5.44. The monoisotopic (exact) mass is 467 g/mol. The molecule has 1 saturated carbocycles. The lowest BCUT2D eigenvalue weighted by molar-refractivity contribution is 0.141. The second-order valence-electron chi connectivity index (χ2n) is 6.13. The lowest BCUT2D eigenvalue weighted by atomic mass is 9.83. The van der Waals surface area contributed by atoms with Gasteiger partial charge in [0.1, 0.15) is 5.75 Å². The minimum absolute atomic E-state index is 0. The van der Waals surface area contributed by atoms with E-state index < -0.39 is 0 Å². The number of halogens is 2. The Morgan fingerprint density at radius 1 is 1.33 bits per heavy atom. The van der Waals surface area contributed by atoms with Crippen LogP contribution >= 0.6 is 35.6 Å². The van der Waals surface area contributed by atoms with Gasteiger partial charge in [0.2, 0.25) is 0 Å². The number of ether oxygens (including phenoxy) is 2. The third-order valence-electron chi connectivity index (χ3n) is 4.51. The minimum atomic E-state index is 0. The van der Waals surface area contributed by atoms with E-state index in [1.165, 1.54) is 25.7 Å². The van der Waals surface area contributed by atoms with Crippen LogP contribution in [0.4, 0.5) is 5.69 Å². The number of benzene rings is 1. The standard InChI is InChI=1S/C17H26ClN3O2.HI/c1-22-10-9-17(7-3-4-8-17)12-20-16(19)21-13-5-6-15(23-2)14(18)11-13;/h5-6,11H,3-4,7-10,12H2,1-2H3,(H3,19,20,21);1H. The molecule has 0 aromatic heterocycles. The van der Waals surface area contributed by atoms with Crippen LogP contribution in [0.15, 0.2) is 23.2 Å². The van der Waals surface area contributed by atoms with Crippen molar-refractivity contribution < 1.29 is 9.47 Å². The second-order valence-corrected chi connectivity index (χ2v) is 6.53. The largest absolute Gasteiger partial charge is 0.495 e. The number of rotatable bonds is 7. The number of aliphatic imine (C=N–C) groups is 1. The third-order valence-corrected chi connectivity index (χ3v) is 4.81. The van der Waals surface area contributed by atoms with E-state index in [2.05, 4.69) is 10.3 Å². The van der Waals surface area contributed by atoms with Crippen LogP contribution in [0.3, 0.4) is 0 Å². The number of hydrogen-bond acceptors (Lipinski definition) is 3. The maximum atomic E-state index is 6.11. The molecule has 0 saturated heterocycles. The molecular formula is C17H27ClIN3O2. The maximum Gasteiger partial charge on any atom is 0.193 e. The first-order valence-electron chi connectivity index (χ1n) is 7.98. The molecular weight excluding hydrogens is 441 g/mol. The van der Waals surface area contributed by atoms with Gasteiger partial charge in [0.25, 0.3) is 0 Å². The zero-order valence-electron chi connectivity index (χ0n) is 14.3. The van der Waals surface area contributed by atoms with Crippen molar-refractivity contribution in [3.05, 3.63) is 23.2 Å². The highest BCUT2D eigenvalue weighted by Crippen LogP contribution is 2.41. The predicted molar refractivity (Wildman–Crippen MR) is 111 cm³/mol. The van der Waals surface area contributed by atoms with Gasteiger partial charge in [-0.25, -0.2) is 0 Å². The van der Waals surface area contributed by atoms with Crippen LogP contribution in [0.2, 0.25) is 5.02 Å². The molecule has 1 aliphatic carbocycles. The molecule has 1 aromatic rings. The molecule has 0 unspecified atom stereocenters. The summed E-state index contributed by atoms with van der Waals surface area (Å²) < 4.78 is 10.4. The topological polar surface area (TPSA) is 68.9 Å². The first-order valence-corrected chi connectivity index (χ1v) is 8.36. The van der Waals surface area contributed by atoms with Crippen molar-refractivity contribution in [2.75, 3.05) is 32.7 Å². The fourth-order valence-electron chi connectivity index (χ4n) is 3.12. The van der Waals surface area contributed by atoms with Gasteiger partial charge in [-0.15, -0.1) is 24.0 Å². The number of anilines is 1. The zero-order chi connectivity index (χ0) is 16.7. The van der Waals surface area contributed by atoms with Crippen molar-refractivity contribution in [2.24, 2.45) is 16.1 Å². The first-order chi connectivity index (χ1) is 11.1. The van der Waals surface area contributed by atoms with Crippen molar-refractivity contribution in [2.45, 2.75) is 32.1 Å². The van der Waals surface area contributed by atoms with Crippen LogP contribution in [0.5, 0.6) is 5.75 Å². The Labute approximate surface area is 166 Å². The average Bonchev–Trinajstić information content (AvgIpc) is 3.01. The summed E-state index contributed by atoms with van der Waals surface area (Å²) in [7, 11) is 3.33. The molecule has 0 amide bonds. The summed E-state index contributed by atoms with van der Waals surface area (Å²) in [6.07, 6.45) is 5.96. The fraction of sp³-hybridized carbons (Fsp3) is 0.588. The Kier molecular flexibility index (Phi) is 9.15. The molecule has 1 fully saturated rings. The highest BCUT2D eigenvalue weighted by molar-refractivity contribution is 14.0. The van der Waals surface area contributed by atoms with Gasteiger partial charge < -0.3 is 20.5 Å². The van der Waals surface area contributed by atoms with Crippen molar-refractivity contribution in [1.29, 1.82) is 0 Å². The summed E-state index contributed by atoms with van der Waals surface area (Å²) in [5, 5.41) is 3.63. The van der Waals surface area contributed by atoms with Gasteiger partial charge in [0.05, 0.1) is 12.1 Å². The molecule has 0 heterocycles. The summed E-state index contributed by atoms with van der Waals surface area (Å²) in [4.78, 5) is 4.55. The van der Waals surface area contributed by atoms with E-state index in [1.54, 1.807) is 26.4 Å². The Balaban J connectivity index is 0.00000288. The molecule has 0 bridgehead atoms. The molecule has 0 spiro atoms. The van der Waals surface area contributed by atoms with Crippen LogP contribution in [-0.4, -0.2) is 33.3 Å². The van der Waals surface area contributed by atoms with Crippen molar-refractivity contribution in [1.82, 2.24) is 0 Å². The van der Waals surface area contributed by atoms with E-state index in [9.17, 15) is 0 Å². The smallest absolute Gasteiger partial charge is 0.193 e. The summed E-state index contributed by atoms with van der Waals surface area (Å²) in [6.45, 7) is 1.51. The molecule has 1 aliphatic rings. The quantitative estimate of drug-likeness (QED) is 0.357. The summed E-state index contributed by atoms with van der Waals surface area (Å²) >= 11 is 6.11. The predicted octanol–water partition coefficient (Wildman–Crippen LogP) is 4.29. The first kappa shape index (κ1) is 21.3. The lowest BCUT2D eigenvalue weighted by Crippen LogP contribution is -2.28.